The summed E-state index contributed by atoms with van der Waals surface area (Å²) in [5.74, 6) is 2.13. The van der Waals surface area contributed by atoms with Crippen molar-refractivity contribution >= 4 is 38.7 Å². The van der Waals surface area contributed by atoms with Crippen LogP contribution < -0.4 is 5.32 Å². The lowest BCUT2D eigenvalue weighted by molar-refractivity contribution is 0.179. The van der Waals surface area contributed by atoms with Crippen LogP contribution in [0.2, 0.25) is 5.28 Å². The molecule has 2 aliphatic rings. The van der Waals surface area contributed by atoms with E-state index in [0.29, 0.717) is 23.5 Å². The zero-order valence-corrected chi connectivity index (χ0v) is 22.4. The fraction of sp³-hybridized carbons (Fsp3) is 0.577. The molecule has 0 saturated heterocycles. The Bertz CT molecular complexity index is 1300. The molecule has 5 rings (SSSR count). The highest BCUT2D eigenvalue weighted by Crippen LogP contribution is 2.34. The fourth-order valence-electron chi connectivity index (χ4n) is 5.28. The van der Waals surface area contributed by atoms with Gasteiger partial charge in [0.15, 0.2) is 11.5 Å². The molecule has 2 aromatic heterocycles. The third kappa shape index (κ3) is 5.68. The van der Waals surface area contributed by atoms with Crippen LogP contribution in [0, 0.1) is 24.7 Å². The molecule has 36 heavy (non-hydrogen) atoms. The lowest BCUT2D eigenvalue weighted by Crippen LogP contribution is -2.31. The Balaban J connectivity index is 1.19. The summed E-state index contributed by atoms with van der Waals surface area (Å²) >= 11 is 6.19. The van der Waals surface area contributed by atoms with Gasteiger partial charge in [0, 0.05) is 12.6 Å². The quantitative estimate of drug-likeness (QED) is 0.283. The molecule has 1 atom stereocenters. The molecule has 2 aliphatic carbocycles. The van der Waals surface area contributed by atoms with Gasteiger partial charge < -0.3 is 9.88 Å². The van der Waals surface area contributed by atoms with Gasteiger partial charge in [0.1, 0.15) is 5.52 Å². The summed E-state index contributed by atoms with van der Waals surface area (Å²) in [4.78, 5) is 13.6. The molecule has 0 aliphatic heterocycles. The number of hydrogen-bond donors (Lipinski definition) is 1. The van der Waals surface area contributed by atoms with Crippen LogP contribution in [0.15, 0.2) is 35.5 Å². The first-order valence-electron chi connectivity index (χ1n) is 12.9. The summed E-state index contributed by atoms with van der Waals surface area (Å²) in [5.41, 5.74) is 2.53. The standard InChI is InChI=1S/C26H34ClN5O3S/c1-17-6-12-22(13-7-17)36(33,34)35-15-20-10-8-19(9-11-20)14-32-16-28-24-23(32)25(31-26(27)30-24)29-18(2)21-4-3-5-21/h6-7,12-13,16,18-21H,3-5,8-11,14-15H2,1-2H3,(H,29,30,31). The van der Waals surface area contributed by atoms with Gasteiger partial charge in [-0.3, -0.25) is 4.18 Å². The molecule has 0 bridgehead atoms. The number of nitrogens with one attached hydrogen (secondary N) is 1. The third-order valence-corrected chi connectivity index (χ3v) is 9.32. The van der Waals surface area contributed by atoms with Gasteiger partial charge in [-0.1, -0.05) is 24.1 Å². The van der Waals surface area contributed by atoms with E-state index in [-0.39, 0.29) is 22.7 Å². The van der Waals surface area contributed by atoms with Gasteiger partial charge in [-0.2, -0.15) is 18.4 Å². The number of aryl methyl sites for hydroxylation is 1. The Labute approximate surface area is 218 Å². The maximum atomic E-state index is 12.5. The zero-order chi connectivity index (χ0) is 25.3. The maximum Gasteiger partial charge on any atom is 0.296 e. The predicted molar refractivity (Wildman–Crippen MR) is 141 cm³/mol. The van der Waals surface area contributed by atoms with Crippen LogP contribution in [-0.4, -0.2) is 40.6 Å². The number of halogens is 1. The summed E-state index contributed by atoms with van der Waals surface area (Å²) in [5, 5.41) is 3.78. The van der Waals surface area contributed by atoms with Crippen molar-refractivity contribution in [1.82, 2.24) is 19.5 Å². The van der Waals surface area contributed by atoms with Crippen LogP contribution in [-0.2, 0) is 20.8 Å². The van der Waals surface area contributed by atoms with Crippen molar-refractivity contribution in [3.8, 4) is 0 Å². The zero-order valence-electron chi connectivity index (χ0n) is 20.9. The smallest absolute Gasteiger partial charge is 0.296 e. The van der Waals surface area contributed by atoms with Gasteiger partial charge >= 0.3 is 0 Å². The Morgan fingerprint density at radius 1 is 1.08 bits per heavy atom. The molecule has 3 aromatic rings. The van der Waals surface area contributed by atoms with Crippen LogP contribution >= 0.6 is 11.6 Å². The number of anilines is 1. The summed E-state index contributed by atoms with van der Waals surface area (Å²) in [6.07, 6.45) is 9.50. The molecule has 1 N–H and O–H groups in total. The molecule has 0 radical (unpaired) electrons. The first-order chi connectivity index (χ1) is 17.3. The predicted octanol–water partition coefficient (Wildman–Crippen LogP) is 5.60. The van der Waals surface area contributed by atoms with Crippen LogP contribution in [0.1, 0.15) is 57.4 Å². The minimum absolute atomic E-state index is 0.206. The molecule has 0 amide bonds. The lowest BCUT2D eigenvalue weighted by Gasteiger charge is -2.32. The SMILES string of the molecule is Cc1ccc(S(=O)(=O)OCC2CCC(Cn3cnc4nc(Cl)nc(NC(C)C5CCC5)c43)CC2)cc1. The molecule has 1 unspecified atom stereocenters. The normalized spacial score (nSPS) is 21.9. The lowest BCUT2D eigenvalue weighted by atomic mass is 9.80. The van der Waals surface area contributed by atoms with Gasteiger partial charge in [0.2, 0.25) is 5.28 Å². The van der Waals surface area contributed by atoms with Crippen molar-refractivity contribution in [1.29, 1.82) is 0 Å². The Morgan fingerprint density at radius 3 is 2.44 bits per heavy atom. The molecule has 8 nitrogen and oxygen atoms in total. The number of imidazole rings is 1. The minimum Gasteiger partial charge on any atom is -0.365 e. The topological polar surface area (TPSA) is 99.0 Å². The second-order valence-electron chi connectivity index (χ2n) is 10.5. The molecule has 194 valence electrons. The van der Waals surface area contributed by atoms with E-state index in [9.17, 15) is 8.42 Å². The molecule has 2 heterocycles. The molecule has 2 saturated carbocycles. The van der Waals surface area contributed by atoms with Crippen molar-refractivity contribution in [3.63, 3.8) is 0 Å². The molecule has 10 heteroatoms. The number of nitrogens with zero attached hydrogens (tertiary/aromatic N) is 4. The number of hydrogen-bond acceptors (Lipinski definition) is 7. The van der Waals surface area contributed by atoms with Crippen LogP contribution in [0.4, 0.5) is 5.82 Å². The summed E-state index contributed by atoms with van der Waals surface area (Å²) in [6.45, 7) is 5.19. The number of rotatable bonds is 9. The van der Waals surface area contributed by atoms with Gasteiger partial charge in [-0.25, -0.2) is 4.98 Å². The Morgan fingerprint density at radius 2 is 1.78 bits per heavy atom. The van der Waals surface area contributed by atoms with Gasteiger partial charge in [0.05, 0.1) is 17.8 Å². The second kappa shape index (κ2) is 10.6. The van der Waals surface area contributed by atoms with Gasteiger partial charge in [-0.15, -0.1) is 0 Å². The molecule has 0 spiro atoms. The fourth-order valence-corrected chi connectivity index (χ4v) is 6.42. The highest BCUT2D eigenvalue weighted by atomic mass is 35.5. The number of aromatic nitrogens is 4. The monoisotopic (exact) mass is 531 g/mol. The van der Waals surface area contributed by atoms with Crippen molar-refractivity contribution < 1.29 is 12.6 Å². The Kier molecular flexibility index (Phi) is 7.51. The first-order valence-corrected chi connectivity index (χ1v) is 14.7. The molecule has 2 fully saturated rings. The summed E-state index contributed by atoms with van der Waals surface area (Å²) in [6, 6.07) is 7.10. The van der Waals surface area contributed by atoms with E-state index in [1.54, 1.807) is 24.3 Å². The van der Waals surface area contributed by atoms with Crippen LogP contribution in [0.5, 0.6) is 0 Å². The highest BCUT2D eigenvalue weighted by molar-refractivity contribution is 7.86. The number of fused-ring (bicyclic) bond motifs is 1. The van der Waals surface area contributed by atoms with Gasteiger partial charge in [0.25, 0.3) is 10.1 Å². The minimum atomic E-state index is -3.72. The molecular formula is C26H34ClN5O3S. The largest absolute Gasteiger partial charge is 0.365 e. The molecule has 1 aromatic carbocycles. The third-order valence-electron chi connectivity index (χ3n) is 7.86. The van der Waals surface area contributed by atoms with Gasteiger partial charge in [-0.05, 0) is 93.9 Å². The van der Waals surface area contributed by atoms with E-state index in [0.717, 1.165) is 49.1 Å². The average molecular weight is 532 g/mol. The number of benzene rings is 1. The maximum absolute atomic E-state index is 12.5. The summed E-state index contributed by atoms with van der Waals surface area (Å²) < 4.78 is 32.6. The first kappa shape index (κ1) is 25.4. The molecular weight excluding hydrogens is 498 g/mol. The van der Waals surface area contributed by atoms with E-state index in [1.165, 1.54) is 19.3 Å². The van der Waals surface area contributed by atoms with E-state index in [4.69, 9.17) is 15.8 Å². The van der Waals surface area contributed by atoms with E-state index >= 15 is 0 Å². The van der Waals surface area contributed by atoms with E-state index in [1.807, 2.05) is 13.3 Å². The van der Waals surface area contributed by atoms with Crippen molar-refractivity contribution in [3.05, 3.63) is 41.4 Å². The summed E-state index contributed by atoms with van der Waals surface area (Å²) in [7, 11) is -3.72. The van der Waals surface area contributed by atoms with Crippen molar-refractivity contribution in [2.45, 2.75) is 76.3 Å². The second-order valence-corrected chi connectivity index (χ2v) is 12.4. The van der Waals surface area contributed by atoms with Crippen molar-refractivity contribution in [2.75, 3.05) is 11.9 Å². The highest BCUT2D eigenvalue weighted by Gasteiger charge is 2.27. The van der Waals surface area contributed by atoms with Crippen molar-refractivity contribution in [2.24, 2.45) is 17.8 Å². The van der Waals surface area contributed by atoms with Crippen LogP contribution in [0.3, 0.4) is 0 Å². The van der Waals surface area contributed by atoms with Crippen LogP contribution in [0.25, 0.3) is 11.2 Å². The average Bonchev–Trinajstić information content (AvgIpc) is 3.20. The van der Waals surface area contributed by atoms with E-state index < -0.39 is 10.1 Å². The Hall–Kier alpha value is -2.23. The van der Waals surface area contributed by atoms with E-state index in [2.05, 4.69) is 31.8 Å².